The van der Waals surface area contributed by atoms with Crippen molar-refractivity contribution in [2.75, 3.05) is 31.1 Å². The van der Waals surface area contributed by atoms with E-state index in [-0.39, 0.29) is 4.90 Å². The SMILES string of the molecule is Cc1nocc1S(=O)(=O)N1CCN(c2cccc3[nH]cnc23)CC1. The van der Waals surface area contributed by atoms with Gasteiger partial charge in [-0.15, -0.1) is 0 Å². The number of imidazole rings is 1. The molecule has 0 bridgehead atoms. The maximum absolute atomic E-state index is 12.7. The van der Waals surface area contributed by atoms with Crippen molar-refractivity contribution in [1.29, 1.82) is 0 Å². The highest BCUT2D eigenvalue weighted by molar-refractivity contribution is 7.89. The van der Waals surface area contributed by atoms with E-state index in [9.17, 15) is 8.42 Å². The van der Waals surface area contributed by atoms with Gasteiger partial charge < -0.3 is 14.4 Å². The molecule has 4 rings (SSSR count). The number of fused-ring (bicyclic) bond motifs is 1. The van der Waals surface area contributed by atoms with Gasteiger partial charge in [-0.1, -0.05) is 11.2 Å². The number of piperazine rings is 1. The van der Waals surface area contributed by atoms with Gasteiger partial charge in [0, 0.05) is 26.2 Å². The van der Waals surface area contributed by atoms with Gasteiger partial charge in [0.25, 0.3) is 0 Å². The Labute approximate surface area is 139 Å². The molecular weight excluding hydrogens is 330 g/mol. The lowest BCUT2D eigenvalue weighted by molar-refractivity contribution is 0.383. The first-order valence-corrected chi connectivity index (χ1v) is 9.09. The van der Waals surface area contributed by atoms with Gasteiger partial charge in [0.05, 0.1) is 17.5 Å². The number of rotatable bonds is 3. The molecule has 0 unspecified atom stereocenters. The summed E-state index contributed by atoms with van der Waals surface area (Å²) in [7, 11) is -3.56. The molecule has 3 aromatic rings. The van der Waals surface area contributed by atoms with Crippen LogP contribution in [-0.4, -0.2) is 54.0 Å². The van der Waals surface area contributed by atoms with Crippen LogP contribution in [-0.2, 0) is 10.0 Å². The fraction of sp³-hybridized carbons (Fsp3) is 0.333. The van der Waals surface area contributed by atoms with E-state index in [0.29, 0.717) is 31.9 Å². The summed E-state index contributed by atoms with van der Waals surface area (Å²) in [5.41, 5.74) is 3.29. The van der Waals surface area contributed by atoms with Crippen LogP contribution in [0.4, 0.5) is 5.69 Å². The second-order valence-electron chi connectivity index (χ2n) is 5.73. The van der Waals surface area contributed by atoms with Crippen LogP contribution in [0.1, 0.15) is 5.69 Å². The summed E-state index contributed by atoms with van der Waals surface area (Å²) in [5.74, 6) is 0. The van der Waals surface area contributed by atoms with Crippen molar-refractivity contribution in [2.45, 2.75) is 11.8 Å². The number of para-hydroxylation sites is 1. The van der Waals surface area contributed by atoms with Crippen LogP contribution in [0.2, 0.25) is 0 Å². The topological polar surface area (TPSA) is 95.3 Å². The van der Waals surface area contributed by atoms with E-state index in [1.807, 2.05) is 18.2 Å². The van der Waals surface area contributed by atoms with Crippen LogP contribution in [0, 0.1) is 6.92 Å². The minimum absolute atomic E-state index is 0.144. The van der Waals surface area contributed by atoms with Gasteiger partial charge in [-0.2, -0.15) is 4.31 Å². The highest BCUT2D eigenvalue weighted by atomic mass is 32.2. The van der Waals surface area contributed by atoms with Gasteiger partial charge >= 0.3 is 0 Å². The maximum atomic E-state index is 12.7. The lowest BCUT2D eigenvalue weighted by Crippen LogP contribution is -2.48. The molecule has 1 aromatic carbocycles. The fourth-order valence-electron chi connectivity index (χ4n) is 3.04. The normalized spacial score (nSPS) is 16.8. The summed E-state index contributed by atoms with van der Waals surface area (Å²) < 4.78 is 31.6. The van der Waals surface area contributed by atoms with E-state index in [2.05, 4.69) is 20.0 Å². The molecule has 3 heterocycles. The monoisotopic (exact) mass is 347 g/mol. The fourth-order valence-corrected chi connectivity index (χ4v) is 4.54. The maximum Gasteiger partial charge on any atom is 0.248 e. The van der Waals surface area contributed by atoms with E-state index >= 15 is 0 Å². The van der Waals surface area contributed by atoms with Crippen LogP contribution in [0.25, 0.3) is 11.0 Å². The number of aromatic nitrogens is 3. The van der Waals surface area contributed by atoms with Crippen LogP contribution < -0.4 is 4.90 Å². The molecule has 0 radical (unpaired) electrons. The van der Waals surface area contributed by atoms with Crippen molar-refractivity contribution >= 4 is 26.7 Å². The summed E-state index contributed by atoms with van der Waals surface area (Å²) in [5, 5.41) is 3.67. The Morgan fingerprint density at radius 3 is 2.71 bits per heavy atom. The molecular formula is C15H17N5O3S. The molecule has 0 spiro atoms. The zero-order valence-electron chi connectivity index (χ0n) is 13.1. The molecule has 24 heavy (non-hydrogen) atoms. The van der Waals surface area contributed by atoms with Gasteiger partial charge in [0.1, 0.15) is 22.4 Å². The predicted octanol–water partition coefficient (Wildman–Crippen LogP) is 1.37. The third kappa shape index (κ3) is 2.36. The average molecular weight is 347 g/mol. The number of aryl methyl sites for hydroxylation is 1. The molecule has 1 saturated heterocycles. The van der Waals surface area contributed by atoms with E-state index in [4.69, 9.17) is 4.52 Å². The van der Waals surface area contributed by atoms with Crippen molar-refractivity contribution in [3.8, 4) is 0 Å². The minimum Gasteiger partial charge on any atom is -0.367 e. The number of aromatic amines is 1. The van der Waals surface area contributed by atoms with E-state index in [0.717, 1.165) is 16.7 Å². The van der Waals surface area contributed by atoms with Gasteiger partial charge in [-0.3, -0.25) is 0 Å². The largest absolute Gasteiger partial charge is 0.367 e. The smallest absolute Gasteiger partial charge is 0.248 e. The van der Waals surface area contributed by atoms with Crippen molar-refractivity contribution in [2.24, 2.45) is 0 Å². The molecule has 1 aliphatic heterocycles. The molecule has 2 aromatic heterocycles. The van der Waals surface area contributed by atoms with Gasteiger partial charge in [0.15, 0.2) is 0 Å². The number of H-pyrrole nitrogens is 1. The summed E-state index contributed by atoms with van der Waals surface area (Å²) in [6, 6.07) is 5.96. The minimum atomic E-state index is -3.56. The Balaban J connectivity index is 1.55. The third-order valence-corrected chi connectivity index (χ3v) is 6.32. The van der Waals surface area contributed by atoms with Gasteiger partial charge in [0.2, 0.25) is 10.0 Å². The summed E-state index contributed by atoms with van der Waals surface area (Å²) in [6.07, 6.45) is 2.87. The standard InChI is InChI=1S/C15H17N5O3S/c1-11-14(9-23-18-11)24(21,22)20-7-5-19(6-8-20)13-4-2-3-12-15(13)17-10-16-12/h2-4,9-10H,5-8H2,1H3,(H,16,17). The lowest BCUT2D eigenvalue weighted by atomic mass is 10.2. The van der Waals surface area contributed by atoms with E-state index < -0.39 is 10.0 Å². The van der Waals surface area contributed by atoms with Crippen molar-refractivity contribution in [3.05, 3.63) is 36.5 Å². The molecule has 0 amide bonds. The predicted molar refractivity (Wildman–Crippen MR) is 88.3 cm³/mol. The molecule has 126 valence electrons. The summed E-state index contributed by atoms with van der Waals surface area (Å²) in [6.45, 7) is 3.66. The Morgan fingerprint density at radius 1 is 1.21 bits per heavy atom. The Kier molecular flexibility index (Phi) is 3.54. The van der Waals surface area contributed by atoms with Crippen molar-refractivity contribution < 1.29 is 12.9 Å². The van der Waals surface area contributed by atoms with E-state index in [1.165, 1.54) is 10.6 Å². The second kappa shape index (κ2) is 5.60. The number of hydrogen-bond donors (Lipinski definition) is 1. The molecule has 8 nitrogen and oxygen atoms in total. The number of nitrogens with zero attached hydrogens (tertiary/aromatic N) is 4. The number of hydrogen-bond acceptors (Lipinski definition) is 6. The Morgan fingerprint density at radius 2 is 2.00 bits per heavy atom. The summed E-state index contributed by atoms with van der Waals surface area (Å²) in [4.78, 5) is 9.77. The van der Waals surface area contributed by atoms with Crippen LogP contribution in [0.3, 0.4) is 0 Å². The first-order valence-electron chi connectivity index (χ1n) is 7.65. The molecule has 0 atom stereocenters. The number of benzene rings is 1. The lowest BCUT2D eigenvalue weighted by Gasteiger charge is -2.35. The first kappa shape index (κ1) is 15.2. The van der Waals surface area contributed by atoms with Crippen LogP contribution in [0.5, 0.6) is 0 Å². The Bertz CT molecular complexity index is 970. The molecule has 0 aliphatic carbocycles. The zero-order valence-corrected chi connectivity index (χ0v) is 14.0. The molecule has 1 aliphatic rings. The molecule has 9 heteroatoms. The molecule has 0 saturated carbocycles. The van der Waals surface area contributed by atoms with Gasteiger partial charge in [-0.05, 0) is 19.1 Å². The quantitative estimate of drug-likeness (QED) is 0.769. The Hall–Kier alpha value is -2.39. The average Bonchev–Trinajstić information content (AvgIpc) is 3.23. The first-order chi connectivity index (χ1) is 11.6. The second-order valence-corrected chi connectivity index (χ2v) is 7.64. The van der Waals surface area contributed by atoms with E-state index in [1.54, 1.807) is 13.3 Å². The zero-order chi connectivity index (χ0) is 16.7. The highest BCUT2D eigenvalue weighted by Crippen LogP contribution is 2.27. The van der Waals surface area contributed by atoms with Crippen LogP contribution >= 0.6 is 0 Å². The van der Waals surface area contributed by atoms with Crippen LogP contribution in [0.15, 0.2) is 40.2 Å². The number of sulfonamides is 1. The highest BCUT2D eigenvalue weighted by Gasteiger charge is 2.31. The summed E-state index contributed by atoms with van der Waals surface area (Å²) >= 11 is 0. The van der Waals surface area contributed by atoms with Gasteiger partial charge in [-0.25, -0.2) is 13.4 Å². The number of nitrogens with one attached hydrogen (secondary N) is 1. The molecule has 1 fully saturated rings. The van der Waals surface area contributed by atoms with Crippen molar-refractivity contribution in [1.82, 2.24) is 19.4 Å². The molecule has 1 N–H and O–H groups in total. The third-order valence-electron chi connectivity index (χ3n) is 4.33. The van der Waals surface area contributed by atoms with Crippen molar-refractivity contribution in [3.63, 3.8) is 0 Å². The number of anilines is 1.